The SMILES string of the molecule is CC1(C)c2cccc(-c3c4ccccc4c(-c4ccc5c(c4)C4(c6ccccc6-c6ccccc64)c4ccccc4-5)c4ccccc34)c2-c2c1c1ccccc1c1ccccc21. The average Bonchev–Trinajstić information content (AvgIpc) is 3.89. The van der Waals surface area contributed by atoms with Crippen LogP contribution in [0.2, 0.25) is 0 Å². The molecule has 0 saturated carbocycles. The zero-order valence-electron chi connectivity index (χ0n) is 34.6. The highest BCUT2D eigenvalue weighted by Gasteiger charge is 2.51. The van der Waals surface area contributed by atoms with Gasteiger partial charge in [0, 0.05) is 5.41 Å². The molecule has 0 N–H and O–H groups in total. The minimum absolute atomic E-state index is 0.189. The third kappa shape index (κ3) is 4.08. The molecule has 0 amide bonds. The van der Waals surface area contributed by atoms with Gasteiger partial charge in [-0.15, -0.1) is 0 Å². The number of hydrogen-bond donors (Lipinski definition) is 0. The van der Waals surface area contributed by atoms with Gasteiger partial charge in [0.05, 0.1) is 5.41 Å². The first-order valence-corrected chi connectivity index (χ1v) is 22.0. The minimum atomic E-state index is -0.404. The molecular formula is C62H40. The van der Waals surface area contributed by atoms with Crippen LogP contribution in [0.25, 0.3) is 98.7 Å². The van der Waals surface area contributed by atoms with E-state index in [2.05, 4.69) is 220 Å². The van der Waals surface area contributed by atoms with Crippen molar-refractivity contribution in [2.24, 2.45) is 0 Å². The largest absolute Gasteiger partial charge is 0.0725 e. The second kappa shape index (κ2) is 12.1. The second-order valence-corrected chi connectivity index (χ2v) is 18.2. The predicted octanol–water partition coefficient (Wildman–Crippen LogP) is 16.3. The van der Waals surface area contributed by atoms with Crippen LogP contribution in [-0.4, -0.2) is 0 Å². The Morgan fingerprint density at radius 2 is 0.645 bits per heavy atom. The lowest BCUT2D eigenvalue weighted by Gasteiger charge is -2.31. The monoisotopic (exact) mass is 784 g/mol. The first kappa shape index (κ1) is 34.2. The topological polar surface area (TPSA) is 0 Å². The van der Waals surface area contributed by atoms with Gasteiger partial charge in [0.2, 0.25) is 0 Å². The summed E-state index contributed by atoms with van der Waals surface area (Å²) in [7, 11) is 0. The molecule has 11 aromatic carbocycles. The van der Waals surface area contributed by atoms with Crippen molar-refractivity contribution in [3.05, 3.63) is 240 Å². The molecular weight excluding hydrogens is 745 g/mol. The summed E-state index contributed by atoms with van der Waals surface area (Å²) in [5.74, 6) is 0. The molecule has 3 aliphatic carbocycles. The van der Waals surface area contributed by atoms with E-state index < -0.39 is 5.41 Å². The van der Waals surface area contributed by atoms with Crippen LogP contribution in [0.4, 0.5) is 0 Å². The third-order valence-corrected chi connectivity index (χ3v) is 15.0. The van der Waals surface area contributed by atoms with E-state index >= 15 is 0 Å². The molecule has 14 rings (SSSR count). The molecule has 0 aromatic heterocycles. The third-order valence-electron chi connectivity index (χ3n) is 15.0. The normalized spacial score (nSPS) is 14.5. The van der Waals surface area contributed by atoms with Gasteiger partial charge in [-0.2, -0.15) is 0 Å². The molecule has 1 spiro atoms. The van der Waals surface area contributed by atoms with Gasteiger partial charge in [-0.1, -0.05) is 214 Å². The van der Waals surface area contributed by atoms with Crippen molar-refractivity contribution in [2.45, 2.75) is 24.7 Å². The van der Waals surface area contributed by atoms with Crippen molar-refractivity contribution in [2.75, 3.05) is 0 Å². The Bertz CT molecular complexity index is 3660. The summed E-state index contributed by atoms with van der Waals surface area (Å²) >= 11 is 0. The van der Waals surface area contributed by atoms with Gasteiger partial charge in [0.25, 0.3) is 0 Å². The van der Waals surface area contributed by atoms with Crippen LogP contribution in [0, 0.1) is 0 Å². The van der Waals surface area contributed by atoms with Crippen LogP contribution >= 0.6 is 0 Å². The molecule has 0 saturated heterocycles. The standard InChI is InChI=1S/C62H40/c1-61(2)54-33-17-29-50(58(54)59-44-23-5-3-18-38(44)39-19-4-10-28-49(39)60(59)61)57-47-26-8-6-24-45(47)56(46-25-7-9-27-48(46)57)37-34-35-43-42-22-13-16-32-53(42)62(55(43)36-37)51-30-14-11-20-40(51)41-21-12-15-31-52(41)62/h3-36H,1-2H3. The summed E-state index contributed by atoms with van der Waals surface area (Å²) in [6.07, 6.45) is 0. The van der Waals surface area contributed by atoms with Crippen molar-refractivity contribution in [1.29, 1.82) is 0 Å². The van der Waals surface area contributed by atoms with Crippen molar-refractivity contribution >= 4 is 43.1 Å². The lowest BCUT2D eigenvalue weighted by atomic mass is 9.70. The number of benzene rings is 11. The van der Waals surface area contributed by atoms with Gasteiger partial charge >= 0.3 is 0 Å². The molecule has 0 heteroatoms. The van der Waals surface area contributed by atoms with E-state index in [9.17, 15) is 0 Å². The van der Waals surface area contributed by atoms with Gasteiger partial charge in [0.1, 0.15) is 0 Å². The Morgan fingerprint density at radius 1 is 0.258 bits per heavy atom. The van der Waals surface area contributed by atoms with Crippen molar-refractivity contribution in [3.63, 3.8) is 0 Å². The maximum Gasteiger partial charge on any atom is 0.0725 e. The maximum absolute atomic E-state index is 2.55. The van der Waals surface area contributed by atoms with Crippen LogP contribution in [-0.2, 0) is 10.8 Å². The van der Waals surface area contributed by atoms with Crippen LogP contribution in [0.3, 0.4) is 0 Å². The fourth-order valence-electron chi connectivity index (χ4n) is 12.7. The van der Waals surface area contributed by atoms with E-state index in [1.807, 2.05) is 0 Å². The lowest BCUT2D eigenvalue weighted by molar-refractivity contribution is 0.666. The number of rotatable bonds is 2. The highest BCUT2D eigenvalue weighted by Crippen LogP contribution is 2.64. The molecule has 0 nitrogen and oxygen atoms in total. The zero-order valence-corrected chi connectivity index (χ0v) is 34.6. The molecule has 0 bridgehead atoms. The smallest absolute Gasteiger partial charge is 0.0619 e. The predicted molar refractivity (Wildman–Crippen MR) is 261 cm³/mol. The summed E-state index contributed by atoms with van der Waals surface area (Å²) in [4.78, 5) is 0. The molecule has 0 unspecified atom stereocenters. The zero-order chi connectivity index (χ0) is 40.9. The fourth-order valence-corrected chi connectivity index (χ4v) is 12.7. The minimum Gasteiger partial charge on any atom is -0.0619 e. The molecule has 0 fully saturated rings. The van der Waals surface area contributed by atoms with E-state index in [0.29, 0.717) is 0 Å². The van der Waals surface area contributed by atoms with Crippen molar-refractivity contribution in [3.8, 4) is 55.6 Å². The molecule has 0 heterocycles. The summed E-state index contributed by atoms with van der Waals surface area (Å²) in [5.41, 5.74) is 20.9. The summed E-state index contributed by atoms with van der Waals surface area (Å²) in [5, 5.41) is 10.4. The molecule has 3 aliphatic rings. The van der Waals surface area contributed by atoms with Gasteiger partial charge < -0.3 is 0 Å². The Hall–Kier alpha value is -7.54. The Kier molecular flexibility index (Phi) is 6.65. The van der Waals surface area contributed by atoms with E-state index in [4.69, 9.17) is 0 Å². The molecule has 0 radical (unpaired) electrons. The van der Waals surface area contributed by atoms with Crippen molar-refractivity contribution < 1.29 is 0 Å². The number of hydrogen-bond acceptors (Lipinski definition) is 0. The highest BCUT2D eigenvalue weighted by atomic mass is 14.5. The average molecular weight is 785 g/mol. The second-order valence-electron chi connectivity index (χ2n) is 18.2. The number of fused-ring (bicyclic) bond motifs is 20. The van der Waals surface area contributed by atoms with Crippen LogP contribution in [0.1, 0.15) is 47.2 Å². The summed E-state index contributed by atoms with van der Waals surface area (Å²) < 4.78 is 0. The highest BCUT2D eigenvalue weighted by molar-refractivity contribution is 6.25. The van der Waals surface area contributed by atoms with Gasteiger partial charge in [0.15, 0.2) is 0 Å². The Balaban J connectivity index is 1.08. The molecule has 288 valence electrons. The van der Waals surface area contributed by atoms with E-state index in [0.717, 1.165) is 0 Å². The van der Waals surface area contributed by atoms with Crippen LogP contribution in [0.5, 0.6) is 0 Å². The van der Waals surface area contributed by atoms with E-state index in [-0.39, 0.29) is 5.41 Å². The molecule has 11 aromatic rings. The van der Waals surface area contributed by atoms with E-state index in [1.165, 1.54) is 132 Å². The van der Waals surface area contributed by atoms with Crippen LogP contribution in [0.15, 0.2) is 206 Å². The fraction of sp³-hybridized carbons (Fsp3) is 0.0645. The van der Waals surface area contributed by atoms with Gasteiger partial charge in [-0.3, -0.25) is 0 Å². The van der Waals surface area contributed by atoms with Gasteiger partial charge in [-0.25, -0.2) is 0 Å². The van der Waals surface area contributed by atoms with Crippen molar-refractivity contribution in [1.82, 2.24) is 0 Å². The molecule has 62 heavy (non-hydrogen) atoms. The quantitative estimate of drug-likeness (QED) is 0.121. The summed E-state index contributed by atoms with van der Waals surface area (Å²) in [6.45, 7) is 4.87. The Morgan fingerprint density at radius 3 is 1.19 bits per heavy atom. The first-order valence-electron chi connectivity index (χ1n) is 22.0. The Labute approximate surface area is 361 Å². The summed E-state index contributed by atoms with van der Waals surface area (Å²) in [6, 6.07) is 78.3. The molecule has 0 atom stereocenters. The molecule has 0 aliphatic heterocycles. The van der Waals surface area contributed by atoms with Gasteiger partial charge in [-0.05, 0) is 138 Å². The first-order chi connectivity index (χ1) is 30.6. The van der Waals surface area contributed by atoms with Crippen LogP contribution < -0.4 is 0 Å². The maximum atomic E-state index is 2.55. The lowest BCUT2D eigenvalue weighted by Crippen LogP contribution is -2.25. The van der Waals surface area contributed by atoms with E-state index in [1.54, 1.807) is 0 Å².